The topological polar surface area (TPSA) is 34.1 Å². The van der Waals surface area contributed by atoms with Crippen LogP contribution in [0, 0.1) is 0 Å². The third-order valence-electron chi connectivity index (χ3n) is 17.6. The maximum atomic E-state index is 14.2. The molecule has 10 aliphatic rings. The summed E-state index contributed by atoms with van der Waals surface area (Å²) in [4.78, 5) is 35.6. The van der Waals surface area contributed by atoms with E-state index in [4.69, 9.17) is 0 Å². The zero-order valence-corrected chi connectivity index (χ0v) is 15.7. The van der Waals surface area contributed by atoms with Gasteiger partial charge in [-0.15, -0.1) is 0 Å². The van der Waals surface area contributed by atoms with Gasteiger partial charge in [-0.05, 0) is 0 Å². The molecule has 0 aliphatic carbocycles. The molecule has 0 aromatic heterocycles. The average molecular weight is 394 g/mol. The number of hydrogen-bond donors (Lipinski definition) is 0. The summed E-state index contributed by atoms with van der Waals surface area (Å²) in [7, 11) is 0. The monoisotopic (exact) mass is 394 g/mol. The van der Waals surface area contributed by atoms with Gasteiger partial charge in [-0.3, -0.25) is 0 Å². The van der Waals surface area contributed by atoms with Crippen LogP contribution in [0.25, 0.3) is 0 Å². The first-order chi connectivity index (χ1) is 13.0. The molecule has 2 aromatic rings. The van der Waals surface area contributed by atoms with Gasteiger partial charge in [0.05, 0.1) is 0 Å². The summed E-state index contributed by atoms with van der Waals surface area (Å²) >= 11 is 0. The van der Waals surface area contributed by atoms with Crippen molar-refractivity contribution in [2.45, 2.75) is 47.2 Å². The average Bonchev–Trinajstić information content (AvgIpc) is 3.67. The fraction of sp³-hybridized carbons (Fsp3) is 0.417. The molecule has 27 heavy (non-hydrogen) atoms. The first-order valence-electron chi connectivity index (χ1n) is 10.4. The Balaban J connectivity index is 1.28. The van der Waals surface area contributed by atoms with Gasteiger partial charge in [-0.25, -0.2) is 0 Å². The first kappa shape index (κ1) is 11.3. The van der Waals surface area contributed by atoms with E-state index >= 15 is 0 Å². The normalized spacial score (nSPS) is 81.6. The SMILES string of the molecule is O=C(c1ccccc1)[C]12[CH]3[CH]4[CH]5[C]1(C(=O)c1ccccc1)[Fe]43521678[CH]2[CH]1[CH]6[CH]7[CH]28. The van der Waals surface area contributed by atoms with Crippen LogP contribution in [0.15, 0.2) is 60.7 Å². The number of Topliss-reactive ketones (excluding diaryl/α,β-unsaturated/α-hetero) is 2. The predicted molar refractivity (Wildman–Crippen MR) is 96.9 cm³/mol. The van der Waals surface area contributed by atoms with Crippen LogP contribution in [0.1, 0.15) is 20.7 Å². The van der Waals surface area contributed by atoms with Crippen molar-refractivity contribution in [1.29, 1.82) is 0 Å². The van der Waals surface area contributed by atoms with Crippen LogP contribution < -0.4 is 0 Å². The Kier molecular flexibility index (Phi) is 0.540. The van der Waals surface area contributed by atoms with Crippen molar-refractivity contribution in [2.75, 3.05) is 0 Å². The van der Waals surface area contributed by atoms with Gasteiger partial charge in [0.25, 0.3) is 0 Å². The Morgan fingerprint density at radius 2 is 0.963 bits per heavy atom. The molecule has 10 heterocycles. The quantitative estimate of drug-likeness (QED) is 0.479. The van der Waals surface area contributed by atoms with Gasteiger partial charge >= 0.3 is 147 Å². The number of rotatable bonds is 4. The van der Waals surface area contributed by atoms with Gasteiger partial charge < -0.3 is 0 Å². The molecule has 10 saturated heterocycles. The predicted octanol–water partition coefficient (Wildman–Crippen LogP) is 5.88. The molecular weight excluding hydrogens is 376 g/mol. The van der Waals surface area contributed by atoms with Gasteiger partial charge in [0.1, 0.15) is 0 Å². The van der Waals surface area contributed by atoms with Gasteiger partial charge in [0, 0.05) is 0 Å². The molecule has 12 rings (SSSR count). The molecule has 10 aliphatic heterocycles. The second-order valence-corrected chi connectivity index (χ2v) is 36.4. The van der Waals surface area contributed by atoms with Gasteiger partial charge in [-0.1, -0.05) is 0 Å². The summed E-state index contributed by atoms with van der Waals surface area (Å²) in [6, 6.07) is 20.1. The molecule has 0 N–H and O–H groups in total. The van der Waals surface area contributed by atoms with E-state index in [1.54, 1.807) is 0 Å². The first-order valence-corrected chi connectivity index (χ1v) is 16.6. The molecular formula is C24H18FeO2. The molecule has 1 spiro atoms. The second kappa shape index (κ2) is 1.29. The molecule has 10 fully saturated rings. The standard InChI is InChI=1S/C19H13O2.C5H5.Fe/c20-18(14-8-3-1-4-9-14)16-12-7-13-17(16)19(21)15-10-5-2-6-11-15;1-2-4-5-3-1;/h1-13H;1-5H;. The van der Waals surface area contributed by atoms with E-state index < -0.39 is 6.51 Å². The molecule has 0 radical (unpaired) electrons. The number of ketones is 2. The minimum absolute atomic E-state index is 0.111. The molecule has 0 bridgehead atoms. The second-order valence-electron chi connectivity index (χ2n) is 13.1. The van der Waals surface area contributed by atoms with E-state index in [9.17, 15) is 9.59 Å². The molecule has 4 atom stereocenters. The third kappa shape index (κ3) is 0.177. The van der Waals surface area contributed by atoms with Crippen molar-refractivity contribution < 1.29 is 16.1 Å². The van der Waals surface area contributed by atoms with E-state index in [0.29, 0.717) is 11.6 Å². The Labute approximate surface area is 146 Å². The van der Waals surface area contributed by atoms with Gasteiger partial charge in [-0.2, -0.15) is 0 Å². The fourth-order valence-corrected chi connectivity index (χ4v) is 94.8. The van der Waals surface area contributed by atoms with Crippen molar-refractivity contribution in [3.63, 3.8) is 0 Å². The van der Waals surface area contributed by atoms with Crippen molar-refractivity contribution >= 4 is 11.6 Å². The zero-order valence-electron chi connectivity index (χ0n) is 14.6. The Hall–Kier alpha value is -1.70. The Morgan fingerprint density at radius 3 is 1.26 bits per heavy atom. The molecule has 3 heteroatoms. The summed E-state index contributed by atoms with van der Waals surface area (Å²) < 4.78 is -0.222. The van der Waals surface area contributed by atoms with Gasteiger partial charge in [0.15, 0.2) is 0 Å². The van der Waals surface area contributed by atoms with Crippen LogP contribution >= 0.6 is 0 Å². The van der Waals surface area contributed by atoms with E-state index in [-0.39, 0.29) is 8.63 Å². The molecule has 134 valence electrons. The number of fused-ring (bicyclic) bond motifs is 10. The van der Waals surface area contributed by atoms with Crippen LogP contribution in [0.4, 0.5) is 0 Å². The van der Waals surface area contributed by atoms with E-state index in [0.717, 1.165) is 49.7 Å². The van der Waals surface area contributed by atoms with Crippen LogP contribution in [0.2, 0.25) is 47.2 Å². The number of carbonyl (C=O) groups is 2. The molecule has 2 nitrogen and oxygen atoms in total. The van der Waals surface area contributed by atoms with Crippen molar-refractivity contribution in [1.82, 2.24) is 0 Å². The van der Waals surface area contributed by atoms with E-state index in [1.165, 1.54) is 0 Å². The summed E-state index contributed by atoms with van der Waals surface area (Å²) in [6.45, 7) is -4.08. The number of carbonyl (C=O) groups excluding carboxylic acids is 2. The third-order valence-corrected chi connectivity index (χ3v) is 60.3. The maximum absolute atomic E-state index is 14.2. The molecule has 0 saturated carbocycles. The zero-order chi connectivity index (χ0) is 17.3. The van der Waals surface area contributed by atoms with Gasteiger partial charge in [0.2, 0.25) is 0 Å². The van der Waals surface area contributed by atoms with E-state index in [1.807, 2.05) is 60.7 Å². The summed E-state index contributed by atoms with van der Waals surface area (Å²) in [5, 5.41) is 0. The summed E-state index contributed by atoms with van der Waals surface area (Å²) in [6.07, 6.45) is 0. The van der Waals surface area contributed by atoms with Crippen LogP contribution in [-0.2, 0) is 6.51 Å². The Bertz CT molecular complexity index is 1520. The Morgan fingerprint density at radius 1 is 0.593 bits per heavy atom. The van der Waals surface area contributed by atoms with Crippen LogP contribution in [0.5, 0.6) is 0 Å². The van der Waals surface area contributed by atoms with Crippen LogP contribution in [-0.4, -0.2) is 11.6 Å². The van der Waals surface area contributed by atoms with E-state index in [2.05, 4.69) is 0 Å². The summed E-state index contributed by atoms with van der Waals surface area (Å²) in [5.41, 5.74) is 1.82. The number of benzene rings is 2. The van der Waals surface area contributed by atoms with Crippen molar-refractivity contribution in [3.05, 3.63) is 71.8 Å². The van der Waals surface area contributed by atoms with Crippen molar-refractivity contribution in [2.24, 2.45) is 0 Å². The molecule has 2 aromatic carbocycles. The molecule has 4 unspecified atom stereocenters. The minimum atomic E-state index is -4.08. The summed E-state index contributed by atoms with van der Waals surface area (Å²) in [5.74, 6) is 0.878. The number of hydrogen-bond acceptors (Lipinski definition) is 2. The molecule has 0 amide bonds. The van der Waals surface area contributed by atoms with Crippen molar-refractivity contribution in [3.8, 4) is 0 Å². The van der Waals surface area contributed by atoms with Crippen LogP contribution in [0.3, 0.4) is 0 Å². The fourth-order valence-electron chi connectivity index (χ4n) is 19.4.